The van der Waals surface area contributed by atoms with Crippen LogP contribution in [0, 0.1) is 11.8 Å². The normalized spacial score (nSPS) is 24.8. The van der Waals surface area contributed by atoms with Gasteiger partial charge in [0.15, 0.2) is 0 Å². The Hall–Kier alpha value is -2.92. The molecule has 0 spiro atoms. The van der Waals surface area contributed by atoms with E-state index in [9.17, 15) is 18.3 Å². The number of carbonyl (C=O) groups is 2. The first-order valence-corrected chi connectivity index (χ1v) is 12.1. The molecule has 1 saturated carbocycles. The number of hydrogen-bond acceptors (Lipinski definition) is 6. The van der Waals surface area contributed by atoms with Crippen LogP contribution in [0.1, 0.15) is 29.2 Å². The molecular weight excluding hydrogens is 436 g/mol. The van der Waals surface area contributed by atoms with Crippen molar-refractivity contribution in [3.63, 3.8) is 0 Å². The molecular formula is C21H28N4O6S. The molecule has 1 aromatic heterocycles. The molecule has 2 N–H and O–H groups in total. The van der Waals surface area contributed by atoms with Crippen molar-refractivity contribution in [3.8, 4) is 0 Å². The lowest BCUT2D eigenvalue weighted by atomic mass is 9.77. The first-order valence-electron chi connectivity index (χ1n) is 10.2. The second-order valence-electron chi connectivity index (χ2n) is 8.23. The van der Waals surface area contributed by atoms with Gasteiger partial charge in [0.2, 0.25) is 10.0 Å². The first kappa shape index (κ1) is 23.7. The van der Waals surface area contributed by atoms with E-state index in [1.807, 2.05) is 15.7 Å². The SMILES string of the molecule is CN(c1ccc(C(=O)N2C[C@H]3C[C@@H](n4ccnc4)[C@H](O)C[C@H]3C2)cc1)S(C)(=O)=O.O=CO. The fourth-order valence-electron chi connectivity index (χ4n) is 4.55. The molecule has 11 heteroatoms. The first-order chi connectivity index (χ1) is 15.2. The zero-order chi connectivity index (χ0) is 23.5. The monoisotopic (exact) mass is 464 g/mol. The Balaban J connectivity index is 0.000000913. The van der Waals surface area contributed by atoms with Gasteiger partial charge in [0.05, 0.1) is 30.4 Å². The number of nitrogens with zero attached hydrogens (tertiary/aromatic N) is 4. The molecule has 32 heavy (non-hydrogen) atoms. The van der Waals surface area contributed by atoms with Gasteiger partial charge in [-0.3, -0.25) is 13.9 Å². The summed E-state index contributed by atoms with van der Waals surface area (Å²) in [6, 6.07) is 6.64. The number of carboxylic acid groups (broad SMARTS) is 1. The summed E-state index contributed by atoms with van der Waals surface area (Å²) in [7, 11) is -1.85. The summed E-state index contributed by atoms with van der Waals surface area (Å²) < 4.78 is 26.5. The van der Waals surface area contributed by atoms with E-state index in [-0.39, 0.29) is 18.4 Å². The highest BCUT2D eigenvalue weighted by Crippen LogP contribution is 2.41. The molecule has 0 bridgehead atoms. The molecule has 1 aliphatic heterocycles. The van der Waals surface area contributed by atoms with E-state index in [2.05, 4.69) is 4.98 Å². The van der Waals surface area contributed by atoms with Gasteiger partial charge in [-0.05, 0) is 48.9 Å². The van der Waals surface area contributed by atoms with Gasteiger partial charge in [-0.25, -0.2) is 13.4 Å². The van der Waals surface area contributed by atoms with Crippen LogP contribution in [-0.2, 0) is 14.8 Å². The number of imidazole rings is 1. The molecule has 2 heterocycles. The van der Waals surface area contributed by atoms with E-state index in [0.29, 0.717) is 42.6 Å². The third-order valence-corrected chi connectivity index (χ3v) is 7.49. The van der Waals surface area contributed by atoms with Crippen molar-refractivity contribution in [2.45, 2.75) is 25.0 Å². The Morgan fingerprint density at radius 1 is 1.19 bits per heavy atom. The van der Waals surface area contributed by atoms with Crippen LogP contribution in [0.3, 0.4) is 0 Å². The molecule has 2 aliphatic rings. The summed E-state index contributed by atoms with van der Waals surface area (Å²) in [5.74, 6) is 0.594. The van der Waals surface area contributed by atoms with Crippen LogP contribution < -0.4 is 4.31 Å². The Bertz CT molecular complexity index is 1030. The van der Waals surface area contributed by atoms with E-state index in [4.69, 9.17) is 9.90 Å². The number of aliphatic hydroxyl groups is 1. The highest BCUT2D eigenvalue weighted by atomic mass is 32.2. The zero-order valence-corrected chi connectivity index (χ0v) is 18.8. The fourth-order valence-corrected chi connectivity index (χ4v) is 5.05. The van der Waals surface area contributed by atoms with Gasteiger partial charge in [0.25, 0.3) is 12.4 Å². The lowest BCUT2D eigenvalue weighted by molar-refractivity contribution is -0.122. The van der Waals surface area contributed by atoms with Gasteiger partial charge in [0.1, 0.15) is 0 Å². The number of hydrogen-bond donors (Lipinski definition) is 2. The number of amides is 1. The fraction of sp³-hybridized carbons (Fsp3) is 0.476. The van der Waals surface area contributed by atoms with E-state index in [1.165, 1.54) is 11.4 Å². The number of fused-ring (bicyclic) bond motifs is 1. The van der Waals surface area contributed by atoms with Gasteiger partial charge in [-0.1, -0.05) is 0 Å². The second-order valence-corrected chi connectivity index (χ2v) is 10.2. The maximum atomic E-state index is 13.0. The molecule has 1 amide bonds. The van der Waals surface area contributed by atoms with Crippen molar-refractivity contribution in [2.75, 3.05) is 30.7 Å². The largest absolute Gasteiger partial charge is 0.483 e. The molecule has 10 nitrogen and oxygen atoms in total. The van der Waals surface area contributed by atoms with Gasteiger partial charge in [-0.15, -0.1) is 0 Å². The van der Waals surface area contributed by atoms with Crippen molar-refractivity contribution >= 4 is 28.1 Å². The topological polar surface area (TPSA) is 133 Å². The Morgan fingerprint density at radius 3 is 2.31 bits per heavy atom. The van der Waals surface area contributed by atoms with Crippen LogP contribution >= 0.6 is 0 Å². The molecule has 174 valence electrons. The van der Waals surface area contributed by atoms with Gasteiger partial charge in [0, 0.05) is 38.1 Å². The third kappa shape index (κ3) is 5.10. The molecule has 0 unspecified atom stereocenters. The standard InChI is InChI=1S/C20H26N4O4S.CH2O2/c1-22(29(2,27)28)17-5-3-14(4-6-17)20(26)24-11-15-9-18(23-8-7-21-13-23)19(25)10-16(15)12-24;2-1-3/h3-8,13,15-16,18-19,25H,9-12H2,1-2H3;1H,(H,2,3)/t15-,16+,18-,19-;/m1./s1. The number of aromatic nitrogens is 2. The van der Waals surface area contributed by atoms with Crippen molar-refractivity contribution in [3.05, 3.63) is 48.5 Å². The number of aliphatic hydroxyl groups excluding tert-OH is 1. The van der Waals surface area contributed by atoms with Crippen LogP contribution in [0.15, 0.2) is 43.0 Å². The summed E-state index contributed by atoms with van der Waals surface area (Å²) >= 11 is 0. The number of sulfonamides is 1. The number of anilines is 1. The van der Waals surface area contributed by atoms with E-state index >= 15 is 0 Å². The molecule has 4 rings (SSSR count). The van der Waals surface area contributed by atoms with Gasteiger partial charge in [-0.2, -0.15) is 0 Å². The zero-order valence-electron chi connectivity index (χ0n) is 18.0. The summed E-state index contributed by atoms with van der Waals surface area (Å²) in [5, 5.41) is 17.5. The van der Waals surface area contributed by atoms with Crippen molar-refractivity contribution in [2.24, 2.45) is 11.8 Å². The lowest BCUT2D eigenvalue weighted by Crippen LogP contribution is -2.35. The predicted octanol–water partition coefficient (Wildman–Crippen LogP) is 1.06. The maximum Gasteiger partial charge on any atom is 0.290 e. The number of likely N-dealkylation sites (tertiary alicyclic amines) is 1. The Kier molecular flexibility index (Phi) is 7.19. The quantitative estimate of drug-likeness (QED) is 0.647. The van der Waals surface area contributed by atoms with E-state index in [0.717, 1.165) is 12.7 Å². The van der Waals surface area contributed by atoms with Gasteiger partial charge < -0.3 is 19.7 Å². The van der Waals surface area contributed by atoms with Crippen LogP contribution in [0.25, 0.3) is 0 Å². The third-order valence-electron chi connectivity index (χ3n) is 6.28. The molecule has 2 fully saturated rings. The minimum Gasteiger partial charge on any atom is -0.483 e. The molecule has 2 aromatic rings. The Labute approximate surface area is 187 Å². The number of rotatable bonds is 4. The predicted molar refractivity (Wildman–Crippen MR) is 118 cm³/mol. The van der Waals surface area contributed by atoms with Crippen molar-refractivity contribution in [1.29, 1.82) is 0 Å². The molecule has 1 saturated heterocycles. The van der Waals surface area contributed by atoms with Crippen LogP contribution in [0.2, 0.25) is 0 Å². The van der Waals surface area contributed by atoms with Crippen LogP contribution in [0.5, 0.6) is 0 Å². The average Bonchev–Trinajstić information content (AvgIpc) is 3.42. The maximum absolute atomic E-state index is 13.0. The molecule has 4 atom stereocenters. The van der Waals surface area contributed by atoms with E-state index in [1.54, 1.807) is 36.8 Å². The Morgan fingerprint density at radius 2 is 1.78 bits per heavy atom. The van der Waals surface area contributed by atoms with Crippen LogP contribution in [0.4, 0.5) is 5.69 Å². The van der Waals surface area contributed by atoms with E-state index < -0.39 is 16.1 Å². The summed E-state index contributed by atoms with van der Waals surface area (Å²) in [6.07, 6.45) is 7.53. The van der Waals surface area contributed by atoms with Gasteiger partial charge >= 0.3 is 0 Å². The number of benzene rings is 1. The minimum absolute atomic E-state index is 0.000356. The molecule has 0 radical (unpaired) electrons. The minimum atomic E-state index is -3.34. The number of carbonyl (C=O) groups excluding carboxylic acids is 1. The average molecular weight is 465 g/mol. The van der Waals surface area contributed by atoms with Crippen molar-refractivity contribution in [1.82, 2.24) is 14.5 Å². The summed E-state index contributed by atoms with van der Waals surface area (Å²) in [4.78, 5) is 27.3. The van der Waals surface area contributed by atoms with Crippen LogP contribution in [-0.4, -0.2) is 78.0 Å². The van der Waals surface area contributed by atoms with Crippen molar-refractivity contribution < 1.29 is 28.2 Å². The molecule has 1 aromatic carbocycles. The highest BCUT2D eigenvalue weighted by molar-refractivity contribution is 7.92. The molecule has 1 aliphatic carbocycles. The smallest absolute Gasteiger partial charge is 0.290 e. The highest BCUT2D eigenvalue weighted by Gasteiger charge is 2.43. The summed E-state index contributed by atoms with van der Waals surface area (Å²) in [6.45, 7) is 1.06. The summed E-state index contributed by atoms with van der Waals surface area (Å²) in [5.41, 5.74) is 1.06. The lowest BCUT2D eigenvalue weighted by Gasteiger charge is -2.35. The second kappa shape index (κ2) is 9.70.